The molecule has 34 heavy (non-hydrogen) atoms. The number of halogens is 1. The lowest BCUT2D eigenvalue weighted by molar-refractivity contribution is 0.0997. The molecule has 2 N–H and O–H groups in total. The number of nitrogens with zero attached hydrogens (tertiary/aromatic N) is 3. The molecule has 10 heteroatoms. The van der Waals surface area contributed by atoms with Crippen LogP contribution in [-0.4, -0.2) is 36.4 Å². The molecule has 1 aliphatic rings. The number of hydrogen-bond donors (Lipinski definition) is 1. The van der Waals surface area contributed by atoms with E-state index in [0.29, 0.717) is 23.2 Å². The fourth-order valence-electron chi connectivity index (χ4n) is 4.41. The molecule has 178 valence electrons. The lowest BCUT2D eigenvalue weighted by Crippen LogP contribution is -2.40. The van der Waals surface area contributed by atoms with Crippen LogP contribution in [0, 0.1) is 5.92 Å². The number of para-hydroxylation sites is 1. The van der Waals surface area contributed by atoms with Gasteiger partial charge >= 0.3 is 0 Å². The Morgan fingerprint density at radius 2 is 1.91 bits per heavy atom. The van der Waals surface area contributed by atoms with E-state index in [1.807, 2.05) is 18.7 Å². The average molecular weight is 501 g/mol. The van der Waals surface area contributed by atoms with Crippen molar-refractivity contribution in [1.82, 2.24) is 9.97 Å². The number of nitrogens with two attached hydrogens (primary N) is 1. The van der Waals surface area contributed by atoms with Gasteiger partial charge in [-0.1, -0.05) is 36.7 Å². The van der Waals surface area contributed by atoms with Gasteiger partial charge in [-0.25, -0.2) is 18.4 Å². The Morgan fingerprint density at radius 3 is 2.56 bits per heavy atom. The van der Waals surface area contributed by atoms with E-state index in [-0.39, 0.29) is 32.7 Å². The van der Waals surface area contributed by atoms with Gasteiger partial charge < -0.3 is 15.4 Å². The van der Waals surface area contributed by atoms with Gasteiger partial charge in [-0.2, -0.15) is 0 Å². The summed E-state index contributed by atoms with van der Waals surface area (Å²) in [6.45, 7) is 6.78. The van der Waals surface area contributed by atoms with E-state index in [1.54, 1.807) is 24.3 Å². The highest BCUT2D eigenvalue weighted by atomic mass is 35.5. The highest BCUT2D eigenvalue weighted by Gasteiger charge is 2.40. The number of carbonyl (C=O) groups excluding carboxylic acids is 1. The molecular formula is C24H25ClN4O4S. The van der Waals surface area contributed by atoms with Crippen molar-refractivity contribution in [2.24, 2.45) is 11.7 Å². The van der Waals surface area contributed by atoms with Crippen LogP contribution >= 0.6 is 11.6 Å². The Labute approximate surface area is 203 Å². The number of aromatic nitrogens is 2. The maximum atomic E-state index is 13.6. The van der Waals surface area contributed by atoms with Crippen molar-refractivity contribution in [1.29, 1.82) is 0 Å². The second kappa shape index (κ2) is 8.88. The number of pyridine rings is 2. The Hall–Kier alpha value is -3.17. The minimum atomic E-state index is -4.23. The predicted octanol–water partition coefficient (Wildman–Crippen LogP) is 4.48. The number of amides is 1. The monoisotopic (exact) mass is 500 g/mol. The minimum absolute atomic E-state index is 0.0404. The maximum absolute atomic E-state index is 13.6. The van der Waals surface area contributed by atoms with Crippen molar-refractivity contribution >= 4 is 33.2 Å². The van der Waals surface area contributed by atoms with Gasteiger partial charge in [0, 0.05) is 24.3 Å². The van der Waals surface area contributed by atoms with Crippen molar-refractivity contribution in [3.8, 4) is 11.6 Å². The summed E-state index contributed by atoms with van der Waals surface area (Å²) >= 11 is 6.13. The third-order valence-electron chi connectivity index (χ3n) is 5.78. The van der Waals surface area contributed by atoms with Crippen LogP contribution in [0.1, 0.15) is 37.6 Å². The van der Waals surface area contributed by atoms with Crippen LogP contribution in [0.4, 0.5) is 5.82 Å². The number of carbonyl (C=O) groups is 1. The van der Waals surface area contributed by atoms with Crippen LogP contribution in [0.15, 0.2) is 64.6 Å². The van der Waals surface area contributed by atoms with Crippen molar-refractivity contribution in [3.63, 3.8) is 0 Å². The summed E-state index contributed by atoms with van der Waals surface area (Å²) in [4.78, 5) is 22.8. The van der Waals surface area contributed by atoms with E-state index in [1.165, 1.54) is 30.5 Å². The smallest absolute Gasteiger partial charge is 0.253 e. The molecule has 3 aromatic rings. The summed E-state index contributed by atoms with van der Waals surface area (Å²) in [5, 5.41) is 0.0700. The number of rotatable bonds is 6. The molecule has 1 aliphatic heterocycles. The van der Waals surface area contributed by atoms with Crippen molar-refractivity contribution in [3.05, 3.63) is 65.3 Å². The number of sulfone groups is 1. The zero-order valence-corrected chi connectivity index (χ0v) is 20.6. The zero-order chi connectivity index (χ0) is 24.7. The first-order valence-corrected chi connectivity index (χ1v) is 12.6. The van der Waals surface area contributed by atoms with Gasteiger partial charge in [0.2, 0.25) is 15.7 Å². The first-order chi connectivity index (χ1) is 16.0. The summed E-state index contributed by atoms with van der Waals surface area (Å²) < 4.78 is 32.9. The molecular weight excluding hydrogens is 476 g/mol. The Kier molecular flexibility index (Phi) is 6.26. The SMILES string of the molecule is CC1CN(c2nccc(S(=O)(=O)c3cccc(Oc4ccccc4Cl)n3)c2C(N)=O)C(C)(C)C1. The second-order valence-electron chi connectivity index (χ2n) is 8.95. The quantitative estimate of drug-likeness (QED) is 0.530. The van der Waals surface area contributed by atoms with Crippen molar-refractivity contribution in [2.75, 3.05) is 11.4 Å². The van der Waals surface area contributed by atoms with Gasteiger partial charge in [-0.05, 0) is 50.5 Å². The van der Waals surface area contributed by atoms with E-state index in [2.05, 4.69) is 16.9 Å². The molecule has 0 radical (unpaired) electrons. The molecule has 4 rings (SSSR count). The van der Waals surface area contributed by atoms with Crippen molar-refractivity contribution < 1.29 is 17.9 Å². The molecule has 0 spiro atoms. The first-order valence-electron chi connectivity index (χ1n) is 10.7. The zero-order valence-electron chi connectivity index (χ0n) is 19.0. The molecule has 0 bridgehead atoms. The summed E-state index contributed by atoms with van der Waals surface area (Å²) in [5.74, 6) is 0.101. The molecule has 1 aromatic carbocycles. The lowest BCUT2D eigenvalue weighted by atomic mass is 9.97. The van der Waals surface area contributed by atoms with Crippen LogP contribution < -0.4 is 15.4 Å². The van der Waals surface area contributed by atoms with E-state index < -0.39 is 15.7 Å². The van der Waals surface area contributed by atoms with Crippen LogP contribution in [0.3, 0.4) is 0 Å². The summed E-state index contributed by atoms with van der Waals surface area (Å²) in [7, 11) is -4.23. The van der Waals surface area contributed by atoms with Crippen molar-refractivity contribution in [2.45, 2.75) is 42.7 Å². The van der Waals surface area contributed by atoms with Gasteiger partial charge in [0.1, 0.15) is 17.1 Å². The Bertz CT molecular complexity index is 1360. The van der Waals surface area contributed by atoms with Crippen LogP contribution in [0.2, 0.25) is 5.02 Å². The summed E-state index contributed by atoms with van der Waals surface area (Å²) in [6.07, 6.45) is 2.24. The fraction of sp³-hybridized carbons (Fsp3) is 0.292. The van der Waals surface area contributed by atoms with E-state index >= 15 is 0 Å². The maximum Gasteiger partial charge on any atom is 0.253 e. The van der Waals surface area contributed by atoms with Crippen LogP contribution in [0.25, 0.3) is 0 Å². The average Bonchev–Trinajstić information content (AvgIpc) is 3.06. The van der Waals surface area contributed by atoms with Gasteiger partial charge in [0.25, 0.3) is 5.91 Å². The minimum Gasteiger partial charge on any atom is -0.437 e. The number of hydrogen-bond acceptors (Lipinski definition) is 7. The largest absolute Gasteiger partial charge is 0.437 e. The topological polar surface area (TPSA) is 115 Å². The second-order valence-corrected chi connectivity index (χ2v) is 11.2. The molecule has 1 fully saturated rings. The third-order valence-corrected chi connectivity index (χ3v) is 7.79. The third kappa shape index (κ3) is 4.45. The number of primary amides is 1. The molecule has 1 amide bonds. The molecule has 1 unspecified atom stereocenters. The van der Waals surface area contributed by atoms with Gasteiger partial charge in [-0.3, -0.25) is 4.79 Å². The predicted molar refractivity (Wildman–Crippen MR) is 129 cm³/mol. The molecule has 0 saturated carbocycles. The molecule has 1 atom stereocenters. The lowest BCUT2D eigenvalue weighted by Gasteiger charge is -2.33. The molecule has 0 aliphatic carbocycles. The van der Waals surface area contributed by atoms with Crippen LogP contribution in [-0.2, 0) is 9.84 Å². The summed E-state index contributed by atoms with van der Waals surface area (Å²) in [6, 6.07) is 12.4. The molecule has 2 aromatic heterocycles. The van der Waals surface area contributed by atoms with Gasteiger partial charge in [0.15, 0.2) is 5.03 Å². The van der Waals surface area contributed by atoms with Crippen LogP contribution in [0.5, 0.6) is 11.6 Å². The van der Waals surface area contributed by atoms with E-state index in [0.717, 1.165) is 6.42 Å². The van der Waals surface area contributed by atoms with E-state index in [4.69, 9.17) is 22.1 Å². The number of anilines is 1. The number of benzene rings is 1. The first kappa shape index (κ1) is 24.0. The normalized spacial score (nSPS) is 17.5. The Morgan fingerprint density at radius 1 is 1.18 bits per heavy atom. The standard InChI is InChI=1S/C24H25ClN4O4S/c1-15-13-24(2,3)29(14-15)23-21(22(26)30)18(11-12-27-23)34(31,32)20-10-6-9-19(28-20)33-17-8-5-4-7-16(17)25/h4-12,15H,13-14H2,1-3H3,(H2,26,30). The van der Waals surface area contributed by atoms with Gasteiger partial charge in [-0.15, -0.1) is 0 Å². The van der Waals surface area contributed by atoms with E-state index in [9.17, 15) is 13.2 Å². The fourth-order valence-corrected chi connectivity index (χ4v) is 5.98. The highest BCUT2D eigenvalue weighted by Crippen LogP contribution is 2.39. The molecule has 3 heterocycles. The Balaban J connectivity index is 1.79. The summed E-state index contributed by atoms with van der Waals surface area (Å²) in [5.41, 5.74) is 5.23. The number of ether oxygens (including phenoxy) is 1. The molecule has 8 nitrogen and oxygen atoms in total. The highest BCUT2D eigenvalue weighted by molar-refractivity contribution is 7.91. The van der Waals surface area contributed by atoms with Gasteiger partial charge in [0.05, 0.1) is 9.92 Å². The molecule has 1 saturated heterocycles.